The maximum Gasteiger partial charge on any atom is 0.276 e. The number of rotatable bonds is 4. The van der Waals surface area contributed by atoms with Gasteiger partial charge in [0.2, 0.25) is 0 Å². The number of aromatic amines is 2. The van der Waals surface area contributed by atoms with Gasteiger partial charge in [-0.25, -0.2) is 4.40 Å². The van der Waals surface area contributed by atoms with Crippen molar-refractivity contribution in [2.75, 3.05) is 0 Å². The van der Waals surface area contributed by atoms with Crippen molar-refractivity contribution in [2.45, 2.75) is 39.0 Å². The van der Waals surface area contributed by atoms with Crippen LogP contribution in [-0.4, -0.2) is 25.0 Å². The van der Waals surface area contributed by atoms with E-state index in [1.54, 1.807) is 6.20 Å². The molecule has 0 saturated heterocycles. The van der Waals surface area contributed by atoms with Crippen LogP contribution in [0.2, 0.25) is 5.02 Å². The summed E-state index contributed by atoms with van der Waals surface area (Å²) in [7, 11) is 0. The maximum atomic E-state index is 12.1. The first-order valence-electron chi connectivity index (χ1n) is 8.47. The third-order valence-electron chi connectivity index (χ3n) is 3.96. The molecule has 0 saturated carbocycles. The van der Waals surface area contributed by atoms with Gasteiger partial charge in [-0.15, -0.1) is 0 Å². The molecule has 1 aromatic carbocycles. The molecular weight excluding hydrogens is 400 g/mol. The van der Waals surface area contributed by atoms with E-state index in [1.165, 1.54) is 11.9 Å². The average Bonchev–Trinajstić information content (AvgIpc) is 3.07. The Morgan fingerprint density at radius 3 is 2.78 bits per heavy atom. The highest BCUT2D eigenvalue weighted by Gasteiger charge is 2.14. The molecule has 0 fully saturated rings. The van der Waals surface area contributed by atoms with Gasteiger partial charge in [0.05, 0.1) is 17.8 Å². The fraction of sp³-hybridized carbons (Fsp3) is 0.316. The highest BCUT2D eigenvalue weighted by Crippen LogP contribution is 2.27. The van der Waals surface area contributed by atoms with Crippen molar-refractivity contribution >= 4 is 52.5 Å². The zero-order valence-electron chi connectivity index (χ0n) is 15.6. The van der Waals surface area contributed by atoms with Crippen molar-refractivity contribution in [3.63, 3.8) is 0 Å². The average molecular weight is 421 g/mol. The molecule has 5 nitrogen and oxygen atoms in total. The molecule has 0 atom stereocenters. The molecule has 0 aliphatic heterocycles. The van der Waals surface area contributed by atoms with E-state index in [0.29, 0.717) is 21.9 Å². The third kappa shape index (κ3) is 4.54. The smallest absolute Gasteiger partial charge is 0.276 e. The Morgan fingerprint density at radius 1 is 1.33 bits per heavy atom. The summed E-state index contributed by atoms with van der Waals surface area (Å²) in [6.45, 7) is 8.84. The summed E-state index contributed by atoms with van der Waals surface area (Å²) < 4.78 is 6.98. The molecule has 0 aliphatic carbocycles. The van der Waals surface area contributed by atoms with Gasteiger partial charge in [0.25, 0.3) is 5.56 Å². The van der Waals surface area contributed by atoms with E-state index in [4.69, 9.17) is 23.8 Å². The van der Waals surface area contributed by atoms with E-state index in [-0.39, 0.29) is 10.3 Å². The van der Waals surface area contributed by atoms with E-state index in [0.717, 1.165) is 22.4 Å². The van der Waals surface area contributed by atoms with Crippen molar-refractivity contribution in [3.05, 3.63) is 61.7 Å². The minimum atomic E-state index is -0.216. The van der Waals surface area contributed by atoms with Gasteiger partial charge in [-0.3, -0.25) is 9.78 Å². The molecule has 3 rings (SSSR count). The fourth-order valence-corrected chi connectivity index (χ4v) is 3.65. The zero-order chi connectivity index (χ0) is 19.8. The van der Waals surface area contributed by atoms with E-state index in [1.807, 2.05) is 35.8 Å². The summed E-state index contributed by atoms with van der Waals surface area (Å²) >= 11 is 13.2. The summed E-state index contributed by atoms with van der Waals surface area (Å²) in [6, 6.07) is 7.60. The summed E-state index contributed by atoms with van der Waals surface area (Å²) in [5, 5.41) is 0.654. The second kappa shape index (κ2) is 7.66. The van der Waals surface area contributed by atoms with E-state index in [2.05, 4.69) is 35.1 Å². The molecule has 2 aromatic heterocycles. The minimum absolute atomic E-state index is 0.0265. The number of hydrogen-bond acceptors (Lipinski definition) is 4. The summed E-state index contributed by atoms with van der Waals surface area (Å²) in [6.07, 6.45) is 1.74. The lowest BCUT2D eigenvalue weighted by Gasteiger charge is -2.16. The van der Waals surface area contributed by atoms with Gasteiger partial charge in [-0.1, -0.05) is 17.7 Å². The van der Waals surface area contributed by atoms with Crippen molar-refractivity contribution in [1.82, 2.24) is 14.5 Å². The van der Waals surface area contributed by atoms with Gasteiger partial charge in [0, 0.05) is 21.5 Å². The second-order valence-electron chi connectivity index (χ2n) is 7.27. The minimum Gasteiger partial charge on any atom is -0.355 e. The van der Waals surface area contributed by atoms with Crippen molar-refractivity contribution < 1.29 is 0 Å². The standard InChI is InChI=1S/C19H21ClN4OS2/c1-11(23-27-19(2,3)4)14-9-13(20)6-5-12(14)10-24-15-7-8-21-16(15)17(25)22-18(24)26/h5-9,21H,10H2,1-4H3,(H,22,25,26). The molecular formula is C19H21ClN4OS2. The Labute approximate surface area is 172 Å². The molecule has 0 amide bonds. The van der Waals surface area contributed by atoms with Gasteiger partial charge in [-0.05, 0) is 75.6 Å². The first kappa shape index (κ1) is 19.9. The van der Waals surface area contributed by atoms with Gasteiger partial charge in [-0.2, -0.15) is 0 Å². The number of nitrogens with zero attached hydrogens (tertiary/aromatic N) is 2. The molecule has 0 aliphatic rings. The Hall–Kier alpha value is -1.83. The van der Waals surface area contributed by atoms with E-state index < -0.39 is 0 Å². The van der Waals surface area contributed by atoms with Crippen LogP contribution >= 0.6 is 35.8 Å². The molecule has 142 valence electrons. The normalized spacial score (nSPS) is 12.7. The number of aromatic nitrogens is 3. The zero-order valence-corrected chi connectivity index (χ0v) is 18.0. The molecule has 8 heteroatoms. The number of hydrogen-bond donors (Lipinski definition) is 2. The van der Waals surface area contributed by atoms with Crippen molar-refractivity contribution in [2.24, 2.45) is 4.40 Å². The highest BCUT2D eigenvalue weighted by molar-refractivity contribution is 7.99. The van der Waals surface area contributed by atoms with Gasteiger partial charge < -0.3 is 9.55 Å². The Balaban J connectivity index is 2.08. The van der Waals surface area contributed by atoms with Crippen LogP contribution < -0.4 is 5.56 Å². The number of benzene rings is 1. The molecule has 0 bridgehead atoms. The Morgan fingerprint density at radius 2 is 2.07 bits per heavy atom. The maximum absolute atomic E-state index is 12.1. The first-order chi connectivity index (χ1) is 12.7. The third-order valence-corrected chi connectivity index (χ3v) is 5.43. The van der Waals surface area contributed by atoms with Crippen LogP contribution in [0.1, 0.15) is 38.8 Å². The van der Waals surface area contributed by atoms with Crippen molar-refractivity contribution in [3.8, 4) is 0 Å². The van der Waals surface area contributed by atoms with Crippen molar-refractivity contribution in [1.29, 1.82) is 0 Å². The second-order valence-corrected chi connectivity index (χ2v) is 9.68. The molecule has 0 spiro atoms. The lowest BCUT2D eigenvalue weighted by Crippen LogP contribution is -2.16. The number of halogens is 1. The van der Waals surface area contributed by atoms with E-state index in [9.17, 15) is 4.79 Å². The Bertz CT molecular complexity index is 1140. The first-order valence-corrected chi connectivity index (χ1v) is 10.0. The molecule has 27 heavy (non-hydrogen) atoms. The number of H-pyrrole nitrogens is 2. The van der Waals surface area contributed by atoms with Crippen LogP contribution in [0, 0.1) is 4.77 Å². The van der Waals surface area contributed by atoms with Crippen LogP contribution in [0.25, 0.3) is 11.0 Å². The van der Waals surface area contributed by atoms with Crippen LogP contribution in [0.3, 0.4) is 0 Å². The molecule has 2 N–H and O–H groups in total. The largest absolute Gasteiger partial charge is 0.355 e. The highest BCUT2D eigenvalue weighted by atomic mass is 35.5. The molecule has 0 unspecified atom stereocenters. The number of nitrogens with one attached hydrogen (secondary N) is 2. The topological polar surface area (TPSA) is 65.9 Å². The summed E-state index contributed by atoms with van der Waals surface area (Å²) in [4.78, 5) is 17.7. The summed E-state index contributed by atoms with van der Waals surface area (Å²) in [5.74, 6) is 0. The monoisotopic (exact) mass is 420 g/mol. The van der Waals surface area contributed by atoms with E-state index >= 15 is 0 Å². The molecule has 0 radical (unpaired) electrons. The summed E-state index contributed by atoms with van der Waals surface area (Å²) in [5.41, 5.74) is 3.95. The number of fused-ring (bicyclic) bond motifs is 1. The lowest BCUT2D eigenvalue weighted by atomic mass is 10.0. The molecule has 2 heterocycles. The van der Waals surface area contributed by atoms with Crippen LogP contribution in [0.15, 0.2) is 39.7 Å². The van der Waals surface area contributed by atoms with Gasteiger partial charge >= 0.3 is 0 Å². The quantitative estimate of drug-likeness (QED) is 0.340. The lowest BCUT2D eigenvalue weighted by molar-refractivity contribution is 0.781. The van der Waals surface area contributed by atoms with Crippen LogP contribution in [0.5, 0.6) is 0 Å². The van der Waals surface area contributed by atoms with Crippen LogP contribution in [0.4, 0.5) is 0 Å². The van der Waals surface area contributed by atoms with Gasteiger partial charge in [0.1, 0.15) is 5.52 Å². The Kier molecular flexibility index (Phi) is 5.65. The fourth-order valence-electron chi connectivity index (χ4n) is 2.71. The van der Waals surface area contributed by atoms with Crippen LogP contribution in [-0.2, 0) is 6.54 Å². The molecule has 3 aromatic rings. The van der Waals surface area contributed by atoms with Gasteiger partial charge in [0.15, 0.2) is 4.77 Å². The predicted molar refractivity (Wildman–Crippen MR) is 118 cm³/mol. The predicted octanol–water partition coefficient (Wildman–Crippen LogP) is 5.34. The SMILES string of the molecule is CC(=NSC(C)(C)C)c1cc(Cl)ccc1Cn1c(=S)[nH]c(=O)c2[nH]ccc21.